The molecule has 3 heterocycles. The lowest BCUT2D eigenvalue weighted by Gasteiger charge is -2.39. The molecule has 24 heavy (non-hydrogen) atoms. The highest BCUT2D eigenvalue weighted by molar-refractivity contribution is 5.05. The summed E-state index contributed by atoms with van der Waals surface area (Å²) in [6.45, 7) is 3.16. The number of likely N-dealkylation sites (tertiary alicyclic amines) is 1. The van der Waals surface area contributed by atoms with Crippen LogP contribution in [-0.2, 0) is 13.6 Å². The maximum absolute atomic E-state index is 4.55. The molecule has 4 rings (SSSR count). The third-order valence-electron chi connectivity index (χ3n) is 5.79. The number of rotatable bonds is 4. The third kappa shape index (κ3) is 3.24. The molecule has 2 fully saturated rings. The first-order chi connectivity index (χ1) is 11.8. The molecule has 1 aliphatic carbocycles. The molecule has 6 heteroatoms. The van der Waals surface area contributed by atoms with Crippen LogP contribution in [0.5, 0.6) is 0 Å². The topological polar surface area (TPSA) is 51.8 Å². The zero-order valence-corrected chi connectivity index (χ0v) is 14.6. The van der Waals surface area contributed by atoms with Crippen LogP contribution in [0.2, 0.25) is 0 Å². The van der Waals surface area contributed by atoms with Crippen molar-refractivity contribution in [1.82, 2.24) is 29.2 Å². The molecule has 1 saturated carbocycles. The normalized spacial score (nSPS) is 23.6. The highest BCUT2D eigenvalue weighted by atomic mass is 15.3. The molecule has 2 aromatic rings. The van der Waals surface area contributed by atoms with Crippen molar-refractivity contribution in [3.8, 4) is 0 Å². The molecule has 1 atom stereocenters. The van der Waals surface area contributed by atoms with E-state index in [1.165, 1.54) is 51.5 Å². The minimum Gasteiger partial charge on any atom is -0.330 e. The van der Waals surface area contributed by atoms with E-state index in [0.717, 1.165) is 30.8 Å². The maximum atomic E-state index is 4.55. The molecule has 0 bridgehead atoms. The van der Waals surface area contributed by atoms with Gasteiger partial charge in [0.2, 0.25) is 0 Å². The molecule has 0 radical (unpaired) electrons. The summed E-state index contributed by atoms with van der Waals surface area (Å²) in [5.41, 5.74) is 0. The van der Waals surface area contributed by atoms with E-state index in [1.807, 2.05) is 17.1 Å². The second kappa shape index (κ2) is 7.05. The van der Waals surface area contributed by atoms with Gasteiger partial charge in [-0.15, -0.1) is 10.2 Å². The zero-order valence-electron chi connectivity index (χ0n) is 14.6. The first-order valence-corrected chi connectivity index (χ1v) is 9.39. The second-order valence-electron chi connectivity index (χ2n) is 7.39. The van der Waals surface area contributed by atoms with E-state index in [2.05, 4.69) is 31.7 Å². The van der Waals surface area contributed by atoms with Crippen LogP contribution in [0.1, 0.15) is 62.5 Å². The molecule has 2 aliphatic rings. The molecular formula is C18H28N6. The lowest BCUT2D eigenvalue weighted by atomic mass is 9.90. The van der Waals surface area contributed by atoms with Crippen LogP contribution in [-0.4, -0.2) is 48.3 Å². The number of nitrogens with zero attached hydrogens (tertiary/aromatic N) is 6. The summed E-state index contributed by atoms with van der Waals surface area (Å²) in [5.74, 6) is 2.69. The summed E-state index contributed by atoms with van der Waals surface area (Å²) >= 11 is 0. The Kier molecular flexibility index (Phi) is 4.65. The minimum absolute atomic E-state index is 0.523. The monoisotopic (exact) mass is 328 g/mol. The van der Waals surface area contributed by atoms with Crippen LogP contribution in [0, 0.1) is 0 Å². The Morgan fingerprint density at radius 3 is 2.75 bits per heavy atom. The second-order valence-corrected chi connectivity index (χ2v) is 7.39. The molecule has 1 aliphatic heterocycles. The molecular weight excluding hydrogens is 300 g/mol. The van der Waals surface area contributed by atoms with Crippen LogP contribution < -0.4 is 0 Å². The largest absolute Gasteiger partial charge is 0.330 e. The van der Waals surface area contributed by atoms with E-state index in [1.54, 1.807) is 6.20 Å². The lowest BCUT2D eigenvalue weighted by molar-refractivity contribution is 0.116. The van der Waals surface area contributed by atoms with Crippen LogP contribution in [0.15, 0.2) is 18.7 Å². The Labute approximate surface area is 143 Å². The van der Waals surface area contributed by atoms with Crippen molar-refractivity contribution in [3.05, 3.63) is 30.4 Å². The Balaban J connectivity index is 1.46. The Bertz CT molecular complexity index is 641. The van der Waals surface area contributed by atoms with Gasteiger partial charge in [-0.05, 0) is 32.2 Å². The molecule has 0 aromatic carbocycles. The number of aromatic nitrogens is 5. The Morgan fingerprint density at radius 2 is 1.96 bits per heavy atom. The van der Waals surface area contributed by atoms with E-state index < -0.39 is 0 Å². The SMILES string of the molecule is Cn1c(Cn2ccnc2)nnc1C1CCCN(C2CCCCC2)C1. The lowest BCUT2D eigenvalue weighted by Crippen LogP contribution is -2.43. The van der Waals surface area contributed by atoms with Crippen molar-refractivity contribution < 1.29 is 0 Å². The van der Waals surface area contributed by atoms with E-state index in [-0.39, 0.29) is 0 Å². The summed E-state index contributed by atoms with van der Waals surface area (Å²) in [6, 6.07) is 0.806. The first-order valence-electron chi connectivity index (χ1n) is 9.39. The van der Waals surface area contributed by atoms with Crippen LogP contribution in [0.4, 0.5) is 0 Å². The maximum Gasteiger partial charge on any atom is 0.152 e. The van der Waals surface area contributed by atoms with Crippen molar-refractivity contribution in [2.75, 3.05) is 13.1 Å². The summed E-state index contributed by atoms with van der Waals surface area (Å²) in [7, 11) is 2.11. The van der Waals surface area contributed by atoms with Crippen molar-refractivity contribution in [1.29, 1.82) is 0 Å². The average molecular weight is 328 g/mol. The van der Waals surface area contributed by atoms with Gasteiger partial charge in [-0.3, -0.25) is 4.90 Å². The number of hydrogen-bond acceptors (Lipinski definition) is 4. The van der Waals surface area contributed by atoms with E-state index >= 15 is 0 Å². The van der Waals surface area contributed by atoms with Gasteiger partial charge in [-0.2, -0.15) is 0 Å². The predicted octanol–water partition coefficient (Wildman–Crippen LogP) is 2.57. The van der Waals surface area contributed by atoms with Gasteiger partial charge in [-0.25, -0.2) is 4.98 Å². The van der Waals surface area contributed by atoms with Crippen molar-refractivity contribution in [2.24, 2.45) is 7.05 Å². The summed E-state index contributed by atoms with van der Waals surface area (Å²) in [6.07, 6.45) is 15.1. The van der Waals surface area contributed by atoms with Gasteiger partial charge in [0.05, 0.1) is 12.9 Å². The van der Waals surface area contributed by atoms with Gasteiger partial charge in [-0.1, -0.05) is 19.3 Å². The molecule has 130 valence electrons. The molecule has 0 N–H and O–H groups in total. The van der Waals surface area contributed by atoms with E-state index in [0.29, 0.717) is 5.92 Å². The fraction of sp³-hybridized carbons (Fsp3) is 0.722. The van der Waals surface area contributed by atoms with E-state index in [4.69, 9.17) is 0 Å². The Morgan fingerprint density at radius 1 is 1.08 bits per heavy atom. The average Bonchev–Trinajstić information content (AvgIpc) is 3.27. The fourth-order valence-electron chi connectivity index (χ4n) is 4.41. The molecule has 6 nitrogen and oxygen atoms in total. The van der Waals surface area contributed by atoms with Crippen LogP contribution >= 0.6 is 0 Å². The van der Waals surface area contributed by atoms with Crippen LogP contribution in [0.25, 0.3) is 0 Å². The van der Waals surface area contributed by atoms with Crippen molar-refractivity contribution in [3.63, 3.8) is 0 Å². The third-order valence-corrected chi connectivity index (χ3v) is 5.79. The summed E-state index contributed by atoms with van der Waals surface area (Å²) in [4.78, 5) is 6.84. The standard InChI is InChI=1S/C18H28N6/c1-22-17(13-23-11-9-19-14-23)20-21-18(22)15-6-5-10-24(12-15)16-7-3-2-4-8-16/h9,11,14-16H,2-8,10,12-13H2,1H3. The molecule has 2 aromatic heterocycles. The minimum atomic E-state index is 0.523. The Hall–Kier alpha value is -1.69. The molecule has 1 unspecified atom stereocenters. The molecule has 0 amide bonds. The quantitative estimate of drug-likeness (QED) is 0.865. The van der Waals surface area contributed by atoms with Crippen molar-refractivity contribution >= 4 is 0 Å². The van der Waals surface area contributed by atoms with Gasteiger partial charge in [0.25, 0.3) is 0 Å². The van der Waals surface area contributed by atoms with Crippen molar-refractivity contribution in [2.45, 2.75) is 63.5 Å². The summed E-state index contributed by atoms with van der Waals surface area (Å²) < 4.78 is 4.25. The van der Waals surface area contributed by atoms with Gasteiger partial charge < -0.3 is 9.13 Å². The highest BCUT2D eigenvalue weighted by Crippen LogP contribution is 2.31. The van der Waals surface area contributed by atoms with Gasteiger partial charge in [0.1, 0.15) is 5.82 Å². The first kappa shape index (κ1) is 15.8. The summed E-state index contributed by atoms with van der Waals surface area (Å²) in [5, 5.41) is 9.00. The zero-order chi connectivity index (χ0) is 16.4. The van der Waals surface area contributed by atoms with Gasteiger partial charge >= 0.3 is 0 Å². The number of hydrogen-bond donors (Lipinski definition) is 0. The smallest absolute Gasteiger partial charge is 0.152 e. The van der Waals surface area contributed by atoms with Gasteiger partial charge in [0.15, 0.2) is 5.82 Å². The van der Waals surface area contributed by atoms with E-state index in [9.17, 15) is 0 Å². The highest BCUT2D eigenvalue weighted by Gasteiger charge is 2.30. The fourth-order valence-corrected chi connectivity index (χ4v) is 4.41. The molecule has 0 spiro atoms. The van der Waals surface area contributed by atoms with Gasteiger partial charge in [0, 0.05) is 37.9 Å². The number of piperidine rings is 1. The number of imidazole rings is 1. The van der Waals surface area contributed by atoms with Crippen LogP contribution in [0.3, 0.4) is 0 Å². The molecule has 1 saturated heterocycles. The predicted molar refractivity (Wildman–Crippen MR) is 92.8 cm³/mol.